The molecule has 0 aromatic rings. The molecular formula is C11H13ClTi. The number of allylic oxidation sites excluding steroid dienone is 8. The van der Waals surface area contributed by atoms with Gasteiger partial charge in [-0.15, -0.1) is 12.8 Å². The number of hydrogen-bond acceptors (Lipinski definition) is 0. The van der Waals surface area contributed by atoms with Gasteiger partial charge in [0.05, 0.1) is 0 Å². The van der Waals surface area contributed by atoms with Crippen molar-refractivity contribution < 1.29 is 34.1 Å². The van der Waals surface area contributed by atoms with Gasteiger partial charge in [-0.1, -0.05) is 0 Å². The fraction of sp³-hybridized carbons (Fsp3) is 0.182. The van der Waals surface area contributed by atoms with Crippen LogP contribution in [-0.2, 0) is 21.7 Å². The second-order valence-corrected chi connectivity index (χ2v) is 2.01. The van der Waals surface area contributed by atoms with E-state index in [9.17, 15) is 0 Å². The van der Waals surface area contributed by atoms with Crippen LogP contribution in [0.4, 0.5) is 0 Å². The first-order valence-corrected chi connectivity index (χ1v) is 3.43. The Morgan fingerprint density at radius 1 is 0.846 bits per heavy atom. The number of hydrogen-bond donors (Lipinski definition) is 0. The molecule has 0 heterocycles. The van der Waals surface area contributed by atoms with E-state index >= 15 is 0 Å². The van der Waals surface area contributed by atoms with E-state index in [1.165, 1.54) is 0 Å². The molecule has 0 aromatic carbocycles. The molecule has 2 aliphatic carbocycles. The van der Waals surface area contributed by atoms with Crippen LogP contribution in [-0.4, -0.2) is 0 Å². The summed E-state index contributed by atoms with van der Waals surface area (Å²) in [4.78, 5) is 0. The van der Waals surface area contributed by atoms with E-state index in [1.807, 2.05) is 24.3 Å². The van der Waals surface area contributed by atoms with Gasteiger partial charge in [0.1, 0.15) is 0 Å². The molecule has 0 saturated heterocycles. The fourth-order valence-electron chi connectivity index (χ4n) is 0.680. The molecule has 68 valence electrons. The minimum absolute atomic E-state index is 0. The Morgan fingerprint density at radius 2 is 1.23 bits per heavy atom. The Labute approximate surface area is 103 Å². The van der Waals surface area contributed by atoms with Crippen LogP contribution in [0.15, 0.2) is 36.5 Å². The van der Waals surface area contributed by atoms with Crippen LogP contribution in [0.2, 0.25) is 0 Å². The molecule has 0 nitrogen and oxygen atoms in total. The van der Waals surface area contributed by atoms with Gasteiger partial charge in [-0.05, 0) is 0 Å². The normalized spacial score (nSPS) is 13.5. The van der Waals surface area contributed by atoms with Crippen LogP contribution in [0.25, 0.3) is 0 Å². The van der Waals surface area contributed by atoms with Crippen molar-refractivity contribution in [1.29, 1.82) is 0 Å². The van der Waals surface area contributed by atoms with E-state index in [1.54, 1.807) is 0 Å². The second-order valence-electron chi connectivity index (χ2n) is 2.01. The van der Waals surface area contributed by atoms with Gasteiger partial charge in [0, 0.05) is 0 Å². The largest absolute Gasteiger partial charge is 4.00 e. The van der Waals surface area contributed by atoms with Crippen LogP contribution in [0.3, 0.4) is 0 Å². The Bertz CT molecular complexity index is 148. The minimum atomic E-state index is 0. The van der Waals surface area contributed by atoms with E-state index in [0.29, 0.717) is 0 Å². The molecule has 0 aliphatic heterocycles. The molecular weight excluding hydrogens is 215 g/mol. The zero-order chi connectivity index (χ0) is 7.07. The first kappa shape index (κ1) is 18.7. The molecule has 0 saturated carbocycles. The Morgan fingerprint density at radius 3 is 1.31 bits per heavy atom. The third-order valence-electron chi connectivity index (χ3n) is 1.17. The Balaban J connectivity index is -0.000000125. The van der Waals surface area contributed by atoms with Crippen LogP contribution in [0.5, 0.6) is 0 Å². The first-order chi connectivity index (χ1) is 5.00. The fourth-order valence-corrected chi connectivity index (χ4v) is 0.680. The Hall–Kier alpha value is -0.0357. The molecule has 0 atom stereocenters. The van der Waals surface area contributed by atoms with E-state index in [-0.39, 0.29) is 41.6 Å². The molecule has 0 aromatic heterocycles. The molecule has 0 unspecified atom stereocenters. The summed E-state index contributed by atoms with van der Waals surface area (Å²) in [7, 11) is 0. The summed E-state index contributed by atoms with van der Waals surface area (Å²) in [5.74, 6) is 0. The molecule has 2 rings (SSSR count). The van der Waals surface area contributed by atoms with E-state index in [0.717, 1.165) is 12.8 Å². The van der Waals surface area contributed by atoms with E-state index < -0.39 is 0 Å². The van der Waals surface area contributed by atoms with Gasteiger partial charge in [-0.3, -0.25) is 12.2 Å². The van der Waals surface area contributed by atoms with Crippen molar-refractivity contribution in [3.63, 3.8) is 0 Å². The van der Waals surface area contributed by atoms with Gasteiger partial charge in [0.15, 0.2) is 0 Å². The molecule has 0 amide bonds. The minimum Gasteiger partial charge on any atom is -1.00 e. The smallest absolute Gasteiger partial charge is 1.00 e. The average Bonchev–Trinajstić information content (AvgIpc) is 2.67. The maximum absolute atomic E-state index is 2.99. The summed E-state index contributed by atoms with van der Waals surface area (Å²) in [5, 5.41) is 0. The predicted octanol–water partition coefficient (Wildman–Crippen LogP) is 0.0632. The van der Waals surface area contributed by atoms with Gasteiger partial charge >= 0.3 is 21.7 Å². The summed E-state index contributed by atoms with van der Waals surface area (Å²) in [6.07, 6.45) is 20.0. The number of rotatable bonds is 0. The zero-order valence-electron chi connectivity index (χ0n) is 7.76. The molecule has 0 radical (unpaired) electrons. The predicted molar refractivity (Wildman–Crippen MR) is 49.6 cm³/mol. The first-order valence-electron chi connectivity index (χ1n) is 3.43. The Kier molecular flexibility index (Phi) is 20.8. The van der Waals surface area contributed by atoms with Crippen molar-refractivity contribution in [2.24, 2.45) is 0 Å². The molecule has 13 heavy (non-hydrogen) atoms. The quantitative estimate of drug-likeness (QED) is 0.406. The van der Waals surface area contributed by atoms with Crippen LogP contribution >= 0.6 is 0 Å². The molecule has 0 spiro atoms. The van der Waals surface area contributed by atoms with Gasteiger partial charge in [-0.25, -0.2) is 24.3 Å². The van der Waals surface area contributed by atoms with Crippen molar-refractivity contribution in [1.82, 2.24) is 0 Å². The van der Waals surface area contributed by atoms with Crippen LogP contribution in [0.1, 0.15) is 12.8 Å². The van der Waals surface area contributed by atoms with E-state index in [4.69, 9.17) is 0 Å². The van der Waals surface area contributed by atoms with Crippen molar-refractivity contribution >= 4 is 0 Å². The third kappa shape index (κ3) is 12.0. The summed E-state index contributed by atoms with van der Waals surface area (Å²) in [6.45, 7) is 0. The van der Waals surface area contributed by atoms with E-state index in [2.05, 4.69) is 24.3 Å². The van der Waals surface area contributed by atoms with Crippen LogP contribution < -0.4 is 12.4 Å². The molecule has 0 N–H and O–H groups in total. The van der Waals surface area contributed by atoms with Gasteiger partial charge in [-0.2, -0.15) is 12.2 Å². The molecule has 2 aliphatic rings. The molecule has 2 heteroatoms. The van der Waals surface area contributed by atoms with Crippen LogP contribution in [0, 0.1) is 19.6 Å². The maximum atomic E-state index is 2.99. The van der Waals surface area contributed by atoms with Crippen molar-refractivity contribution in [3.05, 3.63) is 56.0 Å². The van der Waals surface area contributed by atoms with Gasteiger partial charge < -0.3 is 19.8 Å². The third-order valence-corrected chi connectivity index (χ3v) is 1.17. The van der Waals surface area contributed by atoms with Gasteiger partial charge in [0.2, 0.25) is 0 Å². The summed E-state index contributed by atoms with van der Waals surface area (Å²) < 4.78 is 0. The second kappa shape index (κ2) is 14.5. The summed E-state index contributed by atoms with van der Waals surface area (Å²) >= 11 is 0. The summed E-state index contributed by atoms with van der Waals surface area (Å²) in [6, 6.07) is 0. The van der Waals surface area contributed by atoms with Crippen molar-refractivity contribution in [2.75, 3.05) is 0 Å². The van der Waals surface area contributed by atoms with Gasteiger partial charge in [0.25, 0.3) is 0 Å². The SMILES string of the molecule is [C-]1=CC=CC1.[C-]1=CC=CC1.[CH3-].[Cl-].[Ti+4]. The maximum Gasteiger partial charge on any atom is 4.00 e. The monoisotopic (exact) mass is 228 g/mol. The summed E-state index contributed by atoms with van der Waals surface area (Å²) in [5.41, 5.74) is 0. The average molecular weight is 229 g/mol. The van der Waals surface area contributed by atoms with Crippen molar-refractivity contribution in [3.8, 4) is 0 Å². The molecule has 0 fully saturated rings. The zero-order valence-corrected chi connectivity index (χ0v) is 10.1. The standard InChI is InChI=1S/2C5H5.CH3.ClH.Ti/c2*1-2-4-5-3-1;;;/h2*1-3H,4H2;1H3;1H;/q3*-1;;+4/p-1. The molecule has 0 bridgehead atoms. The number of halogens is 1. The topological polar surface area (TPSA) is 0 Å². The van der Waals surface area contributed by atoms with Crippen molar-refractivity contribution in [2.45, 2.75) is 12.8 Å².